The number of nitrogens with zero attached hydrogens (tertiary/aromatic N) is 1. The number of piperazine rings is 1. The summed E-state index contributed by atoms with van der Waals surface area (Å²) in [6.07, 6.45) is 1.23. The summed E-state index contributed by atoms with van der Waals surface area (Å²) in [6.45, 7) is 6.80. The van der Waals surface area contributed by atoms with E-state index in [-0.39, 0.29) is 59.2 Å². The van der Waals surface area contributed by atoms with Crippen molar-refractivity contribution in [2.75, 3.05) is 36.4 Å². The number of benzene rings is 1. The van der Waals surface area contributed by atoms with E-state index in [1.165, 1.54) is 17.4 Å². The van der Waals surface area contributed by atoms with Gasteiger partial charge in [-0.3, -0.25) is 9.59 Å². The van der Waals surface area contributed by atoms with Gasteiger partial charge in [-0.05, 0) is 23.8 Å². The van der Waals surface area contributed by atoms with Crippen molar-refractivity contribution >= 4 is 39.1 Å². The summed E-state index contributed by atoms with van der Waals surface area (Å²) in [7, 11) is 0. The number of fused-ring (bicyclic) bond motifs is 1. The third-order valence-corrected chi connectivity index (χ3v) is 5.46. The van der Waals surface area contributed by atoms with Gasteiger partial charge in [0.1, 0.15) is 4.70 Å². The van der Waals surface area contributed by atoms with Gasteiger partial charge in [-0.25, -0.2) is 0 Å². The van der Waals surface area contributed by atoms with Crippen molar-refractivity contribution in [1.29, 1.82) is 0 Å². The van der Waals surface area contributed by atoms with Gasteiger partial charge in [0.25, 0.3) is 0 Å². The maximum absolute atomic E-state index is 12.6. The molecule has 0 radical (unpaired) electrons. The fourth-order valence-corrected chi connectivity index (χ4v) is 4.04. The van der Waals surface area contributed by atoms with Crippen molar-refractivity contribution in [2.45, 2.75) is 0 Å². The monoisotopic (exact) mass is 548 g/mol. The van der Waals surface area contributed by atoms with Crippen LogP contribution >= 0.6 is 11.3 Å². The topological polar surface area (TPSA) is 74.6 Å². The molecular formula is C21H22N3O3SSm-. The molecule has 0 aliphatic carbocycles. The average molecular weight is 547 g/mol. The van der Waals surface area contributed by atoms with Crippen LogP contribution in [0, 0.1) is 47.8 Å². The SMILES string of the molecule is C=CC(=O)Nc1cccc(-c2csc3c(=O)cc(N4CCNCC4)oc23)c1.[CH3-].[Sm]. The Hall–Kier alpha value is -1.56. The number of carbonyl (C=O) groups is 1. The normalized spacial score (nSPS) is 13.3. The molecule has 3 heterocycles. The molecule has 0 atom stereocenters. The fraction of sp³-hybridized carbons (Fsp3) is 0.190. The number of anilines is 2. The van der Waals surface area contributed by atoms with E-state index in [0.717, 1.165) is 37.3 Å². The van der Waals surface area contributed by atoms with Crippen LogP contribution in [0.2, 0.25) is 0 Å². The standard InChI is InChI=1S/C20H19N3O3S.CH3.Sm/c1-2-17(25)22-14-5-3-4-13(10-14)15-12-27-20-16(24)11-18(26-19(15)20)23-8-6-21-7-9-23;;/h2-5,10-12,21H,1,6-9H2,(H,22,25);1H3;/q;-1;. The first-order chi connectivity index (χ1) is 13.2. The van der Waals surface area contributed by atoms with Gasteiger partial charge in [-0.2, -0.15) is 0 Å². The van der Waals surface area contributed by atoms with Crippen LogP contribution in [0.1, 0.15) is 0 Å². The molecule has 8 heteroatoms. The van der Waals surface area contributed by atoms with Gasteiger partial charge in [-0.1, -0.05) is 18.7 Å². The van der Waals surface area contributed by atoms with Gasteiger partial charge in [0, 0.05) is 89.3 Å². The molecule has 0 unspecified atom stereocenters. The van der Waals surface area contributed by atoms with E-state index in [1.807, 2.05) is 29.6 Å². The maximum Gasteiger partial charge on any atom is 0.247 e. The number of thiophene rings is 1. The third-order valence-electron chi connectivity index (χ3n) is 4.49. The van der Waals surface area contributed by atoms with Crippen molar-refractivity contribution in [3.8, 4) is 11.1 Å². The van der Waals surface area contributed by atoms with Crippen molar-refractivity contribution < 1.29 is 49.6 Å². The largest absolute Gasteiger partial charge is 0.439 e. The number of hydrogen-bond acceptors (Lipinski definition) is 6. The first-order valence-electron chi connectivity index (χ1n) is 8.70. The molecule has 3 aromatic rings. The molecule has 2 N–H and O–H groups in total. The molecule has 0 saturated carbocycles. The van der Waals surface area contributed by atoms with Gasteiger partial charge in [0.05, 0.1) is 0 Å². The third kappa shape index (κ3) is 5.14. The average Bonchev–Trinajstić information content (AvgIpc) is 3.13. The first-order valence-corrected chi connectivity index (χ1v) is 9.58. The molecule has 0 bridgehead atoms. The van der Waals surface area contributed by atoms with Crippen LogP contribution in [-0.2, 0) is 4.79 Å². The molecule has 1 aliphatic heterocycles. The summed E-state index contributed by atoms with van der Waals surface area (Å²) in [5, 5.41) is 7.97. The fourth-order valence-electron chi connectivity index (χ4n) is 3.13. The van der Waals surface area contributed by atoms with Crippen LogP contribution in [0.4, 0.5) is 11.6 Å². The van der Waals surface area contributed by atoms with Crippen LogP contribution in [0.3, 0.4) is 0 Å². The van der Waals surface area contributed by atoms with Crippen LogP contribution in [0.5, 0.6) is 0 Å². The smallest absolute Gasteiger partial charge is 0.247 e. The van der Waals surface area contributed by atoms with Crippen LogP contribution in [0.25, 0.3) is 21.4 Å². The van der Waals surface area contributed by atoms with E-state index in [4.69, 9.17) is 4.42 Å². The number of amides is 1. The minimum atomic E-state index is -0.269. The Balaban J connectivity index is 0.00000150. The molecule has 4 rings (SSSR count). The summed E-state index contributed by atoms with van der Waals surface area (Å²) >= 11 is 1.37. The Kier molecular flexibility index (Phi) is 8.55. The van der Waals surface area contributed by atoms with Gasteiger partial charge < -0.3 is 27.4 Å². The van der Waals surface area contributed by atoms with Crippen molar-refractivity contribution in [3.63, 3.8) is 0 Å². The number of carbonyl (C=O) groups excluding carboxylic acids is 1. The van der Waals surface area contributed by atoms with E-state index in [2.05, 4.69) is 22.1 Å². The Labute approximate surface area is 206 Å². The molecule has 1 amide bonds. The van der Waals surface area contributed by atoms with Gasteiger partial charge in [-0.15, -0.1) is 11.3 Å². The second-order valence-electron chi connectivity index (χ2n) is 6.27. The van der Waals surface area contributed by atoms with Crippen molar-refractivity contribution in [3.05, 3.63) is 66.0 Å². The molecule has 1 fully saturated rings. The Morgan fingerprint density at radius 3 is 2.76 bits per heavy atom. The van der Waals surface area contributed by atoms with Gasteiger partial charge in [0.15, 0.2) is 11.5 Å². The molecule has 29 heavy (non-hydrogen) atoms. The minimum absolute atomic E-state index is 0. The zero-order valence-electron chi connectivity index (χ0n) is 16.1. The van der Waals surface area contributed by atoms with Crippen LogP contribution in [-0.4, -0.2) is 32.1 Å². The van der Waals surface area contributed by atoms with E-state index in [1.54, 1.807) is 6.07 Å². The predicted molar refractivity (Wildman–Crippen MR) is 116 cm³/mol. The molecule has 1 saturated heterocycles. The van der Waals surface area contributed by atoms with Crippen LogP contribution < -0.4 is 21.0 Å². The summed E-state index contributed by atoms with van der Waals surface area (Å²) < 4.78 is 6.76. The van der Waals surface area contributed by atoms with Crippen molar-refractivity contribution in [1.82, 2.24) is 5.32 Å². The van der Waals surface area contributed by atoms with Crippen LogP contribution in [0.15, 0.2) is 57.6 Å². The quantitative estimate of drug-likeness (QED) is 0.387. The van der Waals surface area contributed by atoms with E-state index in [9.17, 15) is 9.59 Å². The van der Waals surface area contributed by atoms with Gasteiger partial charge >= 0.3 is 0 Å². The number of hydrogen-bond donors (Lipinski definition) is 2. The molecule has 2 aromatic heterocycles. The maximum atomic E-state index is 12.6. The van der Waals surface area contributed by atoms with E-state index < -0.39 is 0 Å². The second-order valence-corrected chi connectivity index (χ2v) is 7.15. The zero-order chi connectivity index (χ0) is 18.8. The van der Waals surface area contributed by atoms with E-state index in [0.29, 0.717) is 21.9 Å². The first kappa shape index (κ1) is 23.7. The molecule has 152 valence electrons. The summed E-state index contributed by atoms with van der Waals surface area (Å²) in [4.78, 5) is 26.2. The Morgan fingerprint density at radius 2 is 2.03 bits per heavy atom. The number of rotatable bonds is 4. The second kappa shape index (κ2) is 10.5. The minimum Gasteiger partial charge on any atom is -0.439 e. The molecule has 6 nitrogen and oxygen atoms in total. The Bertz CT molecular complexity index is 1070. The molecule has 1 aromatic carbocycles. The van der Waals surface area contributed by atoms with E-state index >= 15 is 0 Å². The molecule has 1 aliphatic rings. The zero-order valence-corrected chi connectivity index (χ0v) is 19.5. The summed E-state index contributed by atoms with van der Waals surface area (Å²) in [6, 6.07) is 9.04. The number of nitrogens with one attached hydrogen (secondary N) is 2. The van der Waals surface area contributed by atoms with Crippen molar-refractivity contribution in [2.24, 2.45) is 0 Å². The predicted octanol–water partition coefficient (Wildman–Crippen LogP) is 3.51. The Morgan fingerprint density at radius 1 is 1.28 bits per heavy atom. The summed E-state index contributed by atoms with van der Waals surface area (Å²) in [5.41, 5.74) is 2.95. The summed E-state index contributed by atoms with van der Waals surface area (Å²) in [5.74, 6) is 0.333. The van der Waals surface area contributed by atoms with Gasteiger partial charge in [0.2, 0.25) is 11.3 Å². The molecular weight excluding hydrogens is 525 g/mol. The molecule has 0 spiro atoms.